The lowest BCUT2D eigenvalue weighted by atomic mass is 10.4. The predicted molar refractivity (Wildman–Crippen MR) is 46.5 cm³/mol. The highest BCUT2D eigenvalue weighted by molar-refractivity contribution is 5.75. The van der Waals surface area contributed by atoms with Gasteiger partial charge >= 0.3 is 0 Å². The van der Waals surface area contributed by atoms with Crippen LogP contribution in [-0.4, -0.2) is 22.5 Å². The van der Waals surface area contributed by atoms with E-state index in [9.17, 15) is 0 Å². The Morgan fingerprint density at radius 1 is 0.900 bits per heavy atom. The molecule has 0 aliphatic carbocycles. The van der Waals surface area contributed by atoms with Gasteiger partial charge in [0.2, 0.25) is 0 Å². The average Bonchev–Trinajstić information content (AvgIpc) is 1.93. The van der Waals surface area contributed by atoms with E-state index >= 15 is 0 Å². The van der Waals surface area contributed by atoms with Crippen LogP contribution in [-0.2, 0) is 4.79 Å². The lowest BCUT2D eigenvalue weighted by Crippen LogP contribution is -1.49. The van der Waals surface area contributed by atoms with Crippen molar-refractivity contribution in [2.45, 2.75) is 0 Å². The van der Waals surface area contributed by atoms with Gasteiger partial charge < -0.3 is 5.11 Å². The van der Waals surface area contributed by atoms with Gasteiger partial charge in [0.1, 0.15) is 0 Å². The summed E-state index contributed by atoms with van der Waals surface area (Å²) in [5.41, 5.74) is 0. The minimum absolute atomic E-state index is 0. The number of rotatable bonds is 0. The Bertz CT molecular complexity index is 115. The second kappa shape index (κ2) is 10.8. The highest BCUT2D eigenvalue weighted by atomic mass is 28.1. The van der Waals surface area contributed by atoms with Crippen molar-refractivity contribution in [3.63, 3.8) is 0 Å². The molecule has 10 heavy (non-hydrogen) atoms. The number of carbonyl (C=O) groups is 1. The Labute approximate surface area is 64.5 Å². The molecule has 0 saturated heterocycles. The molecule has 0 atom stereocenters. The quantitative estimate of drug-likeness (QED) is 0.422. The number of carboxylic acid groups (broad SMARTS) is 1. The van der Waals surface area contributed by atoms with Crippen LogP contribution >= 0.6 is 0 Å². The van der Waals surface area contributed by atoms with Crippen molar-refractivity contribution < 1.29 is 9.90 Å². The minimum Gasteiger partial charge on any atom is -0.483 e. The van der Waals surface area contributed by atoms with Gasteiger partial charge in [0.25, 0.3) is 6.47 Å². The van der Waals surface area contributed by atoms with Crippen LogP contribution in [0, 0.1) is 0 Å². The SMILES string of the molecule is O=CO.[SiH4].c1ccccc1. The zero-order valence-corrected chi connectivity index (χ0v) is 4.90. The third-order valence-corrected chi connectivity index (χ3v) is 0.667. The zero-order chi connectivity index (χ0) is 6.95. The lowest BCUT2D eigenvalue weighted by Gasteiger charge is -1.69. The molecule has 2 nitrogen and oxygen atoms in total. The maximum absolute atomic E-state index is 8.36. The molecule has 0 heterocycles. The average molecular weight is 156 g/mol. The van der Waals surface area contributed by atoms with Gasteiger partial charge in [-0.1, -0.05) is 36.4 Å². The van der Waals surface area contributed by atoms with Gasteiger partial charge in [-0.3, -0.25) is 4.79 Å². The first-order valence-electron chi connectivity index (χ1n) is 2.49. The van der Waals surface area contributed by atoms with Crippen molar-refractivity contribution >= 4 is 17.4 Å². The molecular weight excluding hydrogens is 144 g/mol. The van der Waals surface area contributed by atoms with Crippen LogP contribution in [0.2, 0.25) is 0 Å². The van der Waals surface area contributed by atoms with Crippen LogP contribution < -0.4 is 0 Å². The summed E-state index contributed by atoms with van der Waals surface area (Å²) >= 11 is 0. The summed E-state index contributed by atoms with van der Waals surface area (Å²) in [6.45, 7) is -0.250. The van der Waals surface area contributed by atoms with E-state index in [0.29, 0.717) is 0 Å². The van der Waals surface area contributed by atoms with Gasteiger partial charge in [-0.25, -0.2) is 0 Å². The van der Waals surface area contributed by atoms with E-state index in [2.05, 4.69) is 0 Å². The van der Waals surface area contributed by atoms with Crippen LogP contribution in [0.15, 0.2) is 36.4 Å². The normalized spacial score (nSPS) is 6.00. The number of hydrogen-bond donors (Lipinski definition) is 1. The van der Waals surface area contributed by atoms with E-state index in [1.54, 1.807) is 0 Å². The van der Waals surface area contributed by atoms with Gasteiger partial charge in [-0.15, -0.1) is 0 Å². The van der Waals surface area contributed by atoms with Gasteiger partial charge in [0.05, 0.1) is 0 Å². The fraction of sp³-hybridized carbons (Fsp3) is 0. The summed E-state index contributed by atoms with van der Waals surface area (Å²) in [5.74, 6) is 0. The lowest BCUT2D eigenvalue weighted by molar-refractivity contribution is -0.122. The molecule has 0 spiro atoms. The third-order valence-electron chi connectivity index (χ3n) is 0.667. The Morgan fingerprint density at radius 2 is 1.00 bits per heavy atom. The standard InChI is InChI=1S/C6H6.CH2O2.H4Si/c1-2-4-6-5-3-1;2-1-3;/h1-6H;1H,(H,2,3);1H4. The second-order valence-corrected chi connectivity index (χ2v) is 1.26. The summed E-state index contributed by atoms with van der Waals surface area (Å²) in [7, 11) is 0. The van der Waals surface area contributed by atoms with Crippen molar-refractivity contribution in [3.8, 4) is 0 Å². The maximum Gasteiger partial charge on any atom is 0.290 e. The molecule has 0 fully saturated rings. The van der Waals surface area contributed by atoms with Crippen molar-refractivity contribution in [1.29, 1.82) is 0 Å². The first-order chi connectivity index (χ1) is 4.41. The molecule has 0 bridgehead atoms. The third kappa shape index (κ3) is 10.0. The molecule has 0 amide bonds. The van der Waals surface area contributed by atoms with Crippen LogP contribution in [0.4, 0.5) is 0 Å². The number of hydrogen-bond acceptors (Lipinski definition) is 1. The predicted octanol–water partition coefficient (Wildman–Crippen LogP) is -0.0642. The molecule has 1 N–H and O–H groups in total. The molecule has 1 rings (SSSR count). The van der Waals surface area contributed by atoms with Crippen LogP contribution in [0.5, 0.6) is 0 Å². The topological polar surface area (TPSA) is 37.3 Å². The molecule has 1 aromatic rings. The molecule has 0 unspecified atom stereocenters. The monoisotopic (exact) mass is 156 g/mol. The van der Waals surface area contributed by atoms with Crippen molar-refractivity contribution in [1.82, 2.24) is 0 Å². The zero-order valence-electron chi connectivity index (χ0n) is 4.90. The molecule has 0 aliphatic rings. The summed E-state index contributed by atoms with van der Waals surface area (Å²) in [4.78, 5) is 8.36. The minimum atomic E-state index is -0.250. The van der Waals surface area contributed by atoms with E-state index in [-0.39, 0.29) is 17.4 Å². The van der Waals surface area contributed by atoms with Gasteiger partial charge in [-0.05, 0) is 11.0 Å². The molecule has 0 radical (unpaired) electrons. The van der Waals surface area contributed by atoms with E-state index in [1.165, 1.54) is 0 Å². The fourth-order valence-corrected chi connectivity index (χ4v) is 0.385. The highest BCUT2D eigenvalue weighted by Gasteiger charge is 1.57. The molecule has 56 valence electrons. The Balaban J connectivity index is 0. The van der Waals surface area contributed by atoms with Crippen molar-refractivity contribution in [2.75, 3.05) is 0 Å². The van der Waals surface area contributed by atoms with E-state index in [1.807, 2.05) is 36.4 Å². The number of benzene rings is 1. The van der Waals surface area contributed by atoms with Gasteiger partial charge in [0, 0.05) is 0 Å². The second-order valence-electron chi connectivity index (χ2n) is 1.26. The Hall–Kier alpha value is -1.09. The smallest absolute Gasteiger partial charge is 0.290 e. The van der Waals surface area contributed by atoms with Gasteiger partial charge in [-0.2, -0.15) is 0 Å². The first-order valence-corrected chi connectivity index (χ1v) is 2.49. The molecular formula is C7H12O2Si. The van der Waals surface area contributed by atoms with E-state index in [4.69, 9.17) is 9.90 Å². The van der Waals surface area contributed by atoms with Gasteiger partial charge in [0.15, 0.2) is 0 Å². The van der Waals surface area contributed by atoms with Crippen LogP contribution in [0.3, 0.4) is 0 Å². The molecule has 3 heteroatoms. The molecule has 0 saturated carbocycles. The Morgan fingerprint density at radius 3 is 1.10 bits per heavy atom. The van der Waals surface area contributed by atoms with Crippen LogP contribution in [0.25, 0.3) is 0 Å². The fourth-order valence-electron chi connectivity index (χ4n) is 0.385. The largest absolute Gasteiger partial charge is 0.483 e. The van der Waals surface area contributed by atoms with E-state index in [0.717, 1.165) is 0 Å². The summed E-state index contributed by atoms with van der Waals surface area (Å²) in [6, 6.07) is 12.0. The summed E-state index contributed by atoms with van der Waals surface area (Å²) in [6.07, 6.45) is 0. The molecule has 0 aromatic heterocycles. The van der Waals surface area contributed by atoms with Crippen molar-refractivity contribution in [2.24, 2.45) is 0 Å². The Kier molecular flexibility index (Phi) is 12.6. The molecule has 1 aromatic carbocycles. The first kappa shape index (κ1) is 11.7. The summed E-state index contributed by atoms with van der Waals surface area (Å²) < 4.78 is 0. The summed E-state index contributed by atoms with van der Waals surface area (Å²) in [5, 5.41) is 6.89. The highest BCUT2D eigenvalue weighted by Crippen LogP contribution is 1.79. The van der Waals surface area contributed by atoms with E-state index < -0.39 is 0 Å². The van der Waals surface area contributed by atoms with Crippen LogP contribution in [0.1, 0.15) is 0 Å². The molecule has 0 aliphatic heterocycles. The maximum atomic E-state index is 8.36. The van der Waals surface area contributed by atoms with Crippen molar-refractivity contribution in [3.05, 3.63) is 36.4 Å².